The molecule has 2 rings (SSSR count). The van der Waals surface area contributed by atoms with Gasteiger partial charge in [0.25, 0.3) is 5.89 Å². The van der Waals surface area contributed by atoms with Gasteiger partial charge in [0.05, 0.1) is 16.5 Å². The number of hydrogen-bond acceptors (Lipinski definition) is 6. The summed E-state index contributed by atoms with van der Waals surface area (Å²) in [4.78, 5) is 4.26. The quantitative estimate of drug-likeness (QED) is 0.914. The lowest BCUT2D eigenvalue weighted by Crippen LogP contribution is -2.39. The molecule has 0 aliphatic rings. The van der Waals surface area contributed by atoms with Crippen molar-refractivity contribution >= 4 is 34.5 Å². The highest BCUT2D eigenvalue weighted by molar-refractivity contribution is 7.20. The number of nitrogens with two attached hydrogens (primary N) is 1. The van der Waals surface area contributed by atoms with Gasteiger partial charge in [0.15, 0.2) is 5.82 Å². The van der Waals surface area contributed by atoms with E-state index < -0.39 is 5.54 Å². The third-order valence-electron chi connectivity index (χ3n) is 2.43. The Morgan fingerprint density at radius 2 is 2.26 bits per heavy atom. The fraction of sp³-hybridized carbons (Fsp3) is 0.455. The molecule has 0 amide bonds. The molecule has 2 N–H and O–H groups in total. The van der Waals surface area contributed by atoms with Crippen LogP contribution in [0.5, 0.6) is 0 Å². The van der Waals surface area contributed by atoms with Gasteiger partial charge in [0.2, 0.25) is 0 Å². The Hall–Kier alpha value is -0.660. The van der Waals surface area contributed by atoms with E-state index in [2.05, 4.69) is 10.1 Å². The Morgan fingerprint density at radius 3 is 2.84 bits per heavy atom. The number of hydrogen-bond donors (Lipinski definition) is 1. The first-order valence-corrected chi connectivity index (χ1v) is 7.17. The first-order chi connectivity index (χ1) is 8.94. The third kappa shape index (κ3) is 3.27. The van der Waals surface area contributed by atoms with E-state index >= 15 is 0 Å². The van der Waals surface area contributed by atoms with Crippen molar-refractivity contribution in [1.82, 2.24) is 10.1 Å². The van der Waals surface area contributed by atoms with Gasteiger partial charge in [0.1, 0.15) is 9.88 Å². The summed E-state index contributed by atoms with van der Waals surface area (Å²) in [7, 11) is 0. The Bertz CT molecular complexity index is 568. The summed E-state index contributed by atoms with van der Waals surface area (Å²) in [5.41, 5.74) is 5.89. The molecular weight excluding hydrogens is 309 g/mol. The van der Waals surface area contributed by atoms with E-state index in [1.54, 1.807) is 13.0 Å². The lowest BCUT2D eigenvalue weighted by atomic mass is 10.1. The van der Waals surface area contributed by atoms with Crippen LogP contribution in [-0.4, -0.2) is 23.4 Å². The molecule has 2 heterocycles. The Labute approximate surface area is 124 Å². The maximum absolute atomic E-state index is 6.09. The Balaban J connectivity index is 2.26. The van der Waals surface area contributed by atoms with Crippen LogP contribution in [0.15, 0.2) is 10.6 Å². The van der Waals surface area contributed by atoms with E-state index in [0.29, 0.717) is 39.2 Å². The predicted molar refractivity (Wildman–Crippen MR) is 75.7 cm³/mol. The SMILES string of the molecule is CCOCC(C)(N)c1noc(-c2cc(Cl)sc2Cl)n1. The molecule has 0 aliphatic heterocycles. The van der Waals surface area contributed by atoms with Crippen molar-refractivity contribution in [2.75, 3.05) is 13.2 Å². The molecule has 0 bridgehead atoms. The van der Waals surface area contributed by atoms with Crippen molar-refractivity contribution in [2.24, 2.45) is 5.73 Å². The molecule has 104 valence electrons. The molecule has 0 fully saturated rings. The molecule has 0 spiro atoms. The standard InChI is InChI=1S/C11H13Cl2N3O2S/c1-3-17-5-11(2,14)10-15-9(18-16-10)6-4-7(12)19-8(6)13/h4H,3,5,14H2,1-2H3. The summed E-state index contributed by atoms with van der Waals surface area (Å²) >= 11 is 13.2. The molecule has 0 aliphatic carbocycles. The summed E-state index contributed by atoms with van der Waals surface area (Å²) < 4.78 is 11.5. The summed E-state index contributed by atoms with van der Waals surface area (Å²) in [6.07, 6.45) is 0. The smallest absolute Gasteiger partial charge is 0.260 e. The molecule has 5 nitrogen and oxygen atoms in total. The van der Waals surface area contributed by atoms with Crippen molar-refractivity contribution in [3.8, 4) is 11.5 Å². The highest BCUT2D eigenvalue weighted by Gasteiger charge is 2.28. The van der Waals surface area contributed by atoms with Crippen LogP contribution < -0.4 is 5.73 Å². The van der Waals surface area contributed by atoms with Crippen LogP contribution in [0.2, 0.25) is 8.67 Å². The van der Waals surface area contributed by atoms with Crippen LogP contribution in [0, 0.1) is 0 Å². The van der Waals surface area contributed by atoms with Gasteiger partial charge in [-0.25, -0.2) is 0 Å². The molecule has 0 saturated carbocycles. The lowest BCUT2D eigenvalue weighted by Gasteiger charge is -2.19. The highest BCUT2D eigenvalue weighted by Crippen LogP contribution is 2.37. The minimum absolute atomic E-state index is 0.302. The zero-order valence-electron chi connectivity index (χ0n) is 10.4. The second-order valence-corrected chi connectivity index (χ2v) is 6.50. The van der Waals surface area contributed by atoms with Gasteiger partial charge >= 0.3 is 0 Å². The zero-order valence-corrected chi connectivity index (χ0v) is 12.8. The van der Waals surface area contributed by atoms with Gasteiger partial charge in [-0.05, 0) is 19.9 Å². The van der Waals surface area contributed by atoms with Gasteiger partial charge < -0.3 is 15.0 Å². The maximum Gasteiger partial charge on any atom is 0.260 e. The van der Waals surface area contributed by atoms with Crippen LogP contribution in [0.1, 0.15) is 19.7 Å². The minimum atomic E-state index is -0.815. The number of thiophene rings is 1. The van der Waals surface area contributed by atoms with Gasteiger partial charge in [-0.2, -0.15) is 4.98 Å². The van der Waals surface area contributed by atoms with Gasteiger partial charge in [-0.15, -0.1) is 11.3 Å². The molecule has 1 atom stereocenters. The summed E-state index contributed by atoms with van der Waals surface area (Å²) in [6, 6.07) is 1.68. The van der Waals surface area contributed by atoms with Crippen LogP contribution in [0.25, 0.3) is 11.5 Å². The number of nitrogens with zero attached hydrogens (tertiary/aromatic N) is 2. The normalized spacial score (nSPS) is 14.6. The van der Waals surface area contributed by atoms with Crippen molar-refractivity contribution < 1.29 is 9.26 Å². The molecular formula is C11H13Cl2N3O2S. The molecule has 0 saturated heterocycles. The lowest BCUT2D eigenvalue weighted by molar-refractivity contribution is 0.0962. The summed E-state index contributed by atoms with van der Waals surface area (Å²) in [6.45, 7) is 4.55. The van der Waals surface area contributed by atoms with E-state index in [1.807, 2.05) is 6.92 Å². The predicted octanol–water partition coefficient (Wildman–Crippen LogP) is 3.32. The van der Waals surface area contributed by atoms with Crippen molar-refractivity contribution in [1.29, 1.82) is 0 Å². The van der Waals surface area contributed by atoms with E-state index in [1.165, 1.54) is 11.3 Å². The van der Waals surface area contributed by atoms with Crippen LogP contribution in [0.4, 0.5) is 0 Å². The monoisotopic (exact) mass is 321 g/mol. The second-order valence-electron chi connectivity index (χ2n) is 4.22. The van der Waals surface area contributed by atoms with E-state index in [9.17, 15) is 0 Å². The first kappa shape index (κ1) is 14.7. The largest absolute Gasteiger partial charge is 0.379 e. The van der Waals surface area contributed by atoms with E-state index in [4.69, 9.17) is 38.2 Å². The van der Waals surface area contributed by atoms with Gasteiger partial charge in [-0.3, -0.25) is 0 Å². The van der Waals surface area contributed by atoms with E-state index in [0.717, 1.165) is 0 Å². The number of aromatic nitrogens is 2. The molecule has 2 aromatic heterocycles. The number of halogens is 2. The highest BCUT2D eigenvalue weighted by atomic mass is 35.5. The first-order valence-electron chi connectivity index (χ1n) is 5.60. The Kier molecular flexibility index (Phi) is 4.47. The second kappa shape index (κ2) is 5.76. The molecule has 2 aromatic rings. The van der Waals surface area contributed by atoms with Crippen LogP contribution >= 0.6 is 34.5 Å². The van der Waals surface area contributed by atoms with Crippen molar-refractivity contribution in [3.63, 3.8) is 0 Å². The van der Waals surface area contributed by atoms with Gasteiger partial charge in [-0.1, -0.05) is 28.4 Å². The number of rotatable bonds is 5. The molecule has 19 heavy (non-hydrogen) atoms. The molecule has 8 heteroatoms. The fourth-order valence-corrected chi connectivity index (χ4v) is 2.88. The summed E-state index contributed by atoms with van der Waals surface area (Å²) in [5.74, 6) is 0.672. The van der Waals surface area contributed by atoms with E-state index in [-0.39, 0.29) is 0 Å². The Morgan fingerprint density at radius 1 is 1.53 bits per heavy atom. The summed E-state index contributed by atoms with van der Waals surface area (Å²) in [5, 5.41) is 3.88. The molecule has 1 unspecified atom stereocenters. The maximum atomic E-state index is 6.09. The number of ether oxygens (including phenoxy) is 1. The topological polar surface area (TPSA) is 74.2 Å². The van der Waals surface area contributed by atoms with Crippen LogP contribution in [-0.2, 0) is 10.3 Å². The average Bonchev–Trinajstić information content (AvgIpc) is 2.93. The fourth-order valence-electron chi connectivity index (χ4n) is 1.43. The minimum Gasteiger partial charge on any atom is -0.379 e. The molecule has 0 radical (unpaired) electrons. The average molecular weight is 322 g/mol. The van der Waals surface area contributed by atoms with Gasteiger partial charge in [0, 0.05) is 6.61 Å². The van der Waals surface area contributed by atoms with Crippen molar-refractivity contribution in [2.45, 2.75) is 19.4 Å². The zero-order chi connectivity index (χ0) is 14.0. The molecule has 0 aromatic carbocycles. The van der Waals surface area contributed by atoms with Crippen molar-refractivity contribution in [3.05, 3.63) is 20.6 Å². The third-order valence-corrected chi connectivity index (χ3v) is 3.92. The van der Waals surface area contributed by atoms with Crippen LogP contribution in [0.3, 0.4) is 0 Å².